The Hall–Kier alpha value is -2.76. The molecule has 0 aliphatic carbocycles. The predicted octanol–water partition coefficient (Wildman–Crippen LogP) is 4.20. The first-order chi connectivity index (χ1) is 13.3. The monoisotopic (exact) mass is 384 g/mol. The van der Waals surface area contributed by atoms with E-state index in [4.69, 9.17) is 9.15 Å². The van der Waals surface area contributed by atoms with E-state index >= 15 is 0 Å². The highest BCUT2D eigenvalue weighted by molar-refractivity contribution is 5.92. The Morgan fingerprint density at radius 3 is 2.68 bits per heavy atom. The summed E-state index contributed by atoms with van der Waals surface area (Å²) >= 11 is 0. The summed E-state index contributed by atoms with van der Waals surface area (Å²) in [5, 5.41) is 0. The fraction of sp³-hybridized carbons (Fsp3) is 0.455. The van der Waals surface area contributed by atoms with Gasteiger partial charge in [0.25, 0.3) is 11.9 Å². The second kappa shape index (κ2) is 8.09. The number of likely N-dealkylation sites (N-methyl/N-ethyl adjacent to an activating group) is 1. The second-order valence-electron chi connectivity index (χ2n) is 7.72. The van der Waals surface area contributed by atoms with Crippen molar-refractivity contribution < 1.29 is 18.7 Å². The van der Waals surface area contributed by atoms with Gasteiger partial charge in [0.2, 0.25) is 5.91 Å². The van der Waals surface area contributed by atoms with Crippen LogP contribution < -0.4 is 4.74 Å². The van der Waals surface area contributed by atoms with Gasteiger partial charge in [0.15, 0.2) is 5.76 Å². The zero-order valence-electron chi connectivity index (χ0n) is 17.2. The van der Waals surface area contributed by atoms with Gasteiger partial charge < -0.3 is 19.0 Å². The number of ether oxygens (including phenoxy) is 1. The summed E-state index contributed by atoms with van der Waals surface area (Å²) in [6.45, 7) is 8.89. The first kappa shape index (κ1) is 20.0. The predicted molar refractivity (Wildman–Crippen MR) is 107 cm³/mol. The largest absolute Gasteiger partial charge is 0.426 e. The number of rotatable bonds is 5. The molecule has 150 valence electrons. The van der Waals surface area contributed by atoms with Crippen LogP contribution in [0.15, 0.2) is 34.7 Å². The van der Waals surface area contributed by atoms with E-state index in [1.807, 2.05) is 19.1 Å². The third-order valence-corrected chi connectivity index (χ3v) is 5.38. The van der Waals surface area contributed by atoms with E-state index < -0.39 is 0 Å². The molecule has 1 aliphatic heterocycles. The van der Waals surface area contributed by atoms with Gasteiger partial charge in [-0.05, 0) is 42.5 Å². The molecule has 1 aromatic carbocycles. The highest BCUT2D eigenvalue weighted by Gasteiger charge is 2.31. The van der Waals surface area contributed by atoms with Gasteiger partial charge in [-0.25, -0.2) is 0 Å². The molecule has 3 rings (SSSR count). The van der Waals surface area contributed by atoms with Gasteiger partial charge in [0.05, 0.1) is 6.04 Å². The highest BCUT2D eigenvalue weighted by atomic mass is 16.6. The molecule has 2 heterocycles. The highest BCUT2D eigenvalue weighted by Crippen LogP contribution is 2.30. The van der Waals surface area contributed by atoms with Crippen molar-refractivity contribution in [3.63, 3.8) is 0 Å². The van der Waals surface area contributed by atoms with E-state index in [1.54, 1.807) is 29.0 Å². The average Bonchev–Trinajstić information content (AvgIpc) is 3.31. The third kappa shape index (κ3) is 4.21. The molecule has 1 fully saturated rings. The standard InChI is InChI=1S/C22H28N2O4/c1-14(2)17-7-6-15(3)20(12-17)28-21-9-8-19(27-21)22(26)24-11-10-18(13-24)23(5)16(4)25/h6-9,12,14,18H,10-11,13H2,1-5H3. The van der Waals surface area contributed by atoms with Crippen LogP contribution in [0, 0.1) is 6.92 Å². The zero-order valence-corrected chi connectivity index (χ0v) is 17.2. The lowest BCUT2D eigenvalue weighted by atomic mass is 10.0. The third-order valence-electron chi connectivity index (χ3n) is 5.38. The summed E-state index contributed by atoms with van der Waals surface area (Å²) < 4.78 is 11.6. The minimum atomic E-state index is -0.179. The Balaban J connectivity index is 1.68. The fourth-order valence-electron chi connectivity index (χ4n) is 3.34. The van der Waals surface area contributed by atoms with Crippen molar-refractivity contribution in [1.82, 2.24) is 9.80 Å². The van der Waals surface area contributed by atoms with Crippen molar-refractivity contribution >= 4 is 11.8 Å². The molecule has 6 nitrogen and oxygen atoms in total. The number of furan rings is 1. The lowest BCUT2D eigenvalue weighted by Gasteiger charge is -2.23. The van der Waals surface area contributed by atoms with Crippen LogP contribution in [0.1, 0.15) is 54.8 Å². The number of nitrogens with zero attached hydrogens (tertiary/aromatic N) is 2. The van der Waals surface area contributed by atoms with E-state index in [9.17, 15) is 9.59 Å². The molecule has 0 radical (unpaired) electrons. The van der Waals surface area contributed by atoms with Crippen molar-refractivity contribution in [3.05, 3.63) is 47.2 Å². The van der Waals surface area contributed by atoms with Gasteiger partial charge in [0.1, 0.15) is 5.75 Å². The van der Waals surface area contributed by atoms with Crippen molar-refractivity contribution in [3.8, 4) is 11.7 Å². The van der Waals surface area contributed by atoms with Gasteiger partial charge in [-0.2, -0.15) is 0 Å². The molecular weight excluding hydrogens is 356 g/mol. The Bertz CT molecular complexity index is 871. The molecule has 1 unspecified atom stereocenters. The molecular formula is C22H28N2O4. The molecule has 0 bridgehead atoms. The molecule has 0 spiro atoms. The number of carbonyl (C=O) groups is 2. The summed E-state index contributed by atoms with van der Waals surface area (Å²) in [5.74, 6) is 1.49. The summed E-state index contributed by atoms with van der Waals surface area (Å²) in [6.07, 6.45) is 0.771. The van der Waals surface area contributed by atoms with Crippen molar-refractivity contribution in [2.75, 3.05) is 20.1 Å². The lowest BCUT2D eigenvalue weighted by Crippen LogP contribution is -2.38. The molecule has 6 heteroatoms. The van der Waals surface area contributed by atoms with E-state index in [0.717, 1.165) is 17.7 Å². The molecule has 1 aromatic heterocycles. The molecule has 1 aliphatic rings. The van der Waals surface area contributed by atoms with Crippen LogP contribution in [0.25, 0.3) is 0 Å². The van der Waals surface area contributed by atoms with Gasteiger partial charge in [0, 0.05) is 33.1 Å². The number of hydrogen-bond donors (Lipinski definition) is 0. The molecule has 0 N–H and O–H groups in total. The quantitative estimate of drug-likeness (QED) is 0.775. The zero-order chi connectivity index (χ0) is 20.4. The lowest BCUT2D eigenvalue weighted by molar-refractivity contribution is -0.129. The van der Waals surface area contributed by atoms with Crippen LogP contribution >= 0.6 is 0 Å². The van der Waals surface area contributed by atoms with Crippen molar-refractivity contribution in [1.29, 1.82) is 0 Å². The summed E-state index contributed by atoms with van der Waals surface area (Å²) in [5.41, 5.74) is 2.18. The number of hydrogen-bond acceptors (Lipinski definition) is 4. The van der Waals surface area contributed by atoms with Gasteiger partial charge >= 0.3 is 0 Å². The summed E-state index contributed by atoms with van der Waals surface area (Å²) in [4.78, 5) is 27.7. The SMILES string of the molecule is CC(=O)N(C)C1CCN(C(=O)c2ccc(Oc3cc(C(C)C)ccc3C)o2)C1. The summed E-state index contributed by atoms with van der Waals surface area (Å²) in [6, 6.07) is 9.48. The average molecular weight is 384 g/mol. The normalized spacial score (nSPS) is 16.5. The number of carbonyl (C=O) groups excluding carboxylic acids is 2. The van der Waals surface area contributed by atoms with E-state index in [-0.39, 0.29) is 23.6 Å². The molecule has 0 saturated carbocycles. The number of likely N-dealkylation sites (tertiary alicyclic amines) is 1. The number of benzene rings is 1. The Morgan fingerprint density at radius 1 is 1.25 bits per heavy atom. The van der Waals surface area contributed by atoms with Crippen LogP contribution in [0.5, 0.6) is 11.7 Å². The molecule has 1 atom stereocenters. The first-order valence-electron chi connectivity index (χ1n) is 9.67. The Kier molecular flexibility index (Phi) is 5.77. The van der Waals surface area contributed by atoms with Crippen LogP contribution in [-0.2, 0) is 4.79 Å². The molecule has 1 saturated heterocycles. The number of amides is 2. The smallest absolute Gasteiger partial charge is 0.290 e. The first-order valence-corrected chi connectivity index (χ1v) is 9.67. The minimum absolute atomic E-state index is 0.00646. The summed E-state index contributed by atoms with van der Waals surface area (Å²) in [7, 11) is 1.77. The van der Waals surface area contributed by atoms with E-state index in [1.165, 1.54) is 12.5 Å². The van der Waals surface area contributed by atoms with Crippen LogP contribution in [0.3, 0.4) is 0 Å². The molecule has 28 heavy (non-hydrogen) atoms. The van der Waals surface area contributed by atoms with Gasteiger partial charge in [-0.3, -0.25) is 9.59 Å². The molecule has 2 amide bonds. The second-order valence-corrected chi connectivity index (χ2v) is 7.72. The van der Waals surface area contributed by atoms with E-state index in [0.29, 0.717) is 25.0 Å². The van der Waals surface area contributed by atoms with Gasteiger partial charge in [-0.1, -0.05) is 26.0 Å². The van der Waals surface area contributed by atoms with E-state index in [2.05, 4.69) is 19.9 Å². The van der Waals surface area contributed by atoms with Crippen LogP contribution in [0.4, 0.5) is 0 Å². The fourth-order valence-corrected chi connectivity index (χ4v) is 3.34. The van der Waals surface area contributed by atoms with Crippen molar-refractivity contribution in [2.24, 2.45) is 0 Å². The van der Waals surface area contributed by atoms with Crippen molar-refractivity contribution in [2.45, 2.75) is 46.1 Å². The maximum Gasteiger partial charge on any atom is 0.290 e. The van der Waals surface area contributed by atoms with Crippen LogP contribution in [-0.4, -0.2) is 47.8 Å². The van der Waals surface area contributed by atoms with Gasteiger partial charge in [-0.15, -0.1) is 0 Å². The van der Waals surface area contributed by atoms with Crippen LogP contribution in [0.2, 0.25) is 0 Å². The Labute approximate surface area is 166 Å². The Morgan fingerprint density at radius 2 is 2.00 bits per heavy atom. The topological polar surface area (TPSA) is 63.0 Å². The molecule has 2 aromatic rings. The minimum Gasteiger partial charge on any atom is -0.426 e. The maximum atomic E-state index is 12.7. The maximum absolute atomic E-state index is 12.7. The number of aryl methyl sites for hydroxylation is 1.